The number of aromatic nitrogens is 1. The summed E-state index contributed by atoms with van der Waals surface area (Å²) in [6, 6.07) is 8.58. The molecule has 8 heteroatoms. The molecular weight excluding hydrogens is 372 g/mol. The molecule has 0 spiro atoms. The van der Waals surface area contributed by atoms with Crippen molar-refractivity contribution in [3.05, 3.63) is 47.1 Å². The van der Waals surface area contributed by atoms with E-state index >= 15 is 0 Å². The summed E-state index contributed by atoms with van der Waals surface area (Å²) in [6.45, 7) is 1.50. The van der Waals surface area contributed by atoms with E-state index in [1.165, 1.54) is 13.1 Å². The van der Waals surface area contributed by atoms with Crippen molar-refractivity contribution in [3.63, 3.8) is 0 Å². The zero-order valence-electron chi connectivity index (χ0n) is 15.3. The van der Waals surface area contributed by atoms with Gasteiger partial charge in [0.1, 0.15) is 5.82 Å². The number of hydrogen-bond acceptors (Lipinski definition) is 6. The standard InChI is InChI=1S/C19H21ClN2O5/c1-12(19(24)22-17-8-6-14(20)11-21-17)27-18(23)9-5-13-4-7-15(25-2)16(10-13)26-3/h4,6-8,10-12H,5,9H2,1-3H3,(H,21,22,24)/t12-/m1/s1. The number of methoxy groups -OCH3 is 2. The Morgan fingerprint density at radius 2 is 1.89 bits per heavy atom. The van der Waals surface area contributed by atoms with Gasteiger partial charge in [-0.2, -0.15) is 0 Å². The molecule has 1 amide bonds. The molecule has 0 aliphatic rings. The third-order valence-corrected chi connectivity index (χ3v) is 3.95. The number of hydrogen-bond donors (Lipinski definition) is 1. The Morgan fingerprint density at radius 1 is 1.15 bits per heavy atom. The van der Waals surface area contributed by atoms with Crippen LogP contribution < -0.4 is 14.8 Å². The minimum Gasteiger partial charge on any atom is -0.493 e. The highest BCUT2D eigenvalue weighted by atomic mass is 35.5. The zero-order valence-corrected chi connectivity index (χ0v) is 16.1. The molecular formula is C19H21ClN2O5. The topological polar surface area (TPSA) is 86.8 Å². The zero-order chi connectivity index (χ0) is 19.8. The summed E-state index contributed by atoms with van der Waals surface area (Å²) < 4.78 is 15.6. The van der Waals surface area contributed by atoms with Gasteiger partial charge >= 0.3 is 5.97 Å². The van der Waals surface area contributed by atoms with E-state index in [4.69, 9.17) is 25.8 Å². The van der Waals surface area contributed by atoms with Gasteiger partial charge < -0.3 is 19.5 Å². The second-order valence-corrected chi connectivity index (χ2v) is 6.11. The number of halogens is 1. The highest BCUT2D eigenvalue weighted by Crippen LogP contribution is 2.28. The molecule has 1 aromatic carbocycles. The van der Waals surface area contributed by atoms with Gasteiger partial charge in [0.25, 0.3) is 5.91 Å². The van der Waals surface area contributed by atoms with E-state index in [0.717, 1.165) is 5.56 Å². The first-order valence-electron chi connectivity index (χ1n) is 8.25. The van der Waals surface area contributed by atoms with Gasteiger partial charge in [-0.25, -0.2) is 4.98 Å². The van der Waals surface area contributed by atoms with Crippen LogP contribution in [-0.4, -0.2) is 37.2 Å². The molecule has 0 aliphatic carbocycles. The average molecular weight is 393 g/mol. The largest absolute Gasteiger partial charge is 0.493 e. The Morgan fingerprint density at radius 3 is 2.52 bits per heavy atom. The second kappa shape index (κ2) is 9.78. The molecule has 1 aromatic heterocycles. The van der Waals surface area contributed by atoms with Crippen LogP contribution in [0, 0.1) is 0 Å². The number of anilines is 1. The maximum Gasteiger partial charge on any atom is 0.306 e. The van der Waals surface area contributed by atoms with Gasteiger partial charge in [-0.15, -0.1) is 0 Å². The number of ether oxygens (including phenoxy) is 3. The molecule has 0 fully saturated rings. The highest BCUT2D eigenvalue weighted by molar-refractivity contribution is 6.30. The maximum atomic E-state index is 12.1. The van der Waals surface area contributed by atoms with Crippen molar-refractivity contribution in [2.24, 2.45) is 0 Å². The van der Waals surface area contributed by atoms with Gasteiger partial charge in [0.2, 0.25) is 0 Å². The third-order valence-electron chi connectivity index (χ3n) is 3.72. The van der Waals surface area contributed by atoms with E-state index in [0.29, 0.717) is 28.8 Å². The van der Waals surface area contributed by atoms with Crippen LogP contribution in [0.25, 0.3) is 0 Å². The van der Waals surface area contributed by atoms with Crippen molar-refractivity contribution < 1.29 is 23.8 Å². The first-order chi connectivity index (χ1) is 12.9. The van der Waals surface area contributed by atoms with Crippen LogP contribution in [0.3, 0.4) is 0 Å². The van der Waals surface area contributed by atoms with Crippen LogP contribution >= 0.6 is 11.6 Å². The van der Waals surface area contributed by atoms with Crippen molar-refractivity contribution in [1.82, 2.24) is 4.98 Å². The quantitative estimate of drug-likeness (QED) is 0.694. The number of benzene rings is 1. The maximum absolute atomic E-state index is 12.1. The van der Waals surface area contributed by atoms with E-state index in [-0.39, 0.29) is 6.42 Å². The molecule has 2 aromatic rings. The molecule has 0 unspecified atom stereocenters. The number of pyridine rings is 1. The van der Waals surface area contributed by atoms with Crippen LogP contribution in [0.5, 0.6) is 11.5 Å². The summed E-state index contributed by atoms with van der Waals surface area (Å²) in [7, 11) is 3.10. The van der Waals surface area contributed by atoms with Gasteiger partial charge in [0, 0.05) is 12.6 Å². The first-order valence-corrected chi connectivity index (χ1v) is 8.63. The predicted octanol–water partition coefficient (Wildman–Crippen LogP) is 3.26. The van der Waals surface area contributed by atoms with Crippen LogP contribution in [0.15, 0.2) is 36.5 Å². The lowest BCUT2D eigenvalue weighted by molar-refractivity contribution is -0.153. The summed E-state index contributed by atoms with van der Waals surface area (Å²) >= 11 is 5.74. The summed E-state index contributed by atoms with van der Waals surface area (Å²) in [4.78, 5) is 28.0. The first kappa shape index (κ1) is 20.5. The summed E-state index contributed by atoms with van der Waals surface area (Å²) in [5, 5.41) is 3.02. The second-order valence-electron chi connectivity index (χ2n) is 5.67. The van der Waals surface area contributed by atoms with Crippen LogP contribution in [0.4, 0.5) is 5.82 Å². The highest BCUT2D eigenvalue weighted by Gasteiger charge is 2.18. The molecule has 0 bridgehead atoms. The minimum absolute atomic E-state index is 0.131. The lowest BCUT2D eigenvalue weighted by Crippen LogP contribution is -2.30. The Labute approximate surface area is 162 Å². The number of nitrogens with one attached hydrogen (secondary N) is 1. The number of amides is 1. The Bertz CT molecular complexity index is 795. The van der Waals surface area contributed by atoms with E-state index in [1.54, 1.807) is 38.5 Å². The molecule has 0 saturated heterocycles. The Balaban J connectivity index is 1.84. The van der Waals surface area contributed by atoms with Crippen molar-refractivity contribution in [3.8, 4) is 11.5 Å². The van der Waals surface area contributed by atoms with Gasteiger partial charge in [0.15, 0.2) is 17.6 Å². The van der Waals surface area contributed by atoms with E-state index < -0.39 is 18.0 Å². The molecule has 2 rings (SSSR count). The van der Waals surface area contributed by atoms with E-state index in [9.17, 15) is 9.59 Å². The molecule has 1 atom stereocenters. The number of nitrogens with zero attached hydrogens (tertiary/aromatic N) is 1. The van der Waals surface area contributed by atoms with Crippen molar-refractivity contribution in [1.29, 1.82) is 0 Å². The molecule has 0 aliphatic heterocycles. The van der Waals surface area contributed by atoms with E-state index in [2.05, 4.69) is 10.3 Å². The predicted molar refractivity (Wildman–Crippen MR) is 101 cm³/mol. The summed E-state index contributed by atoms with van der Waals surface area (Å²) in [5.41, 5.74) is 0.895. The molecule has 27 heavy (non-hydrogen) atoms. The van der Waals surface area contributed by atoms with Crippen LogP contribution in [-0.2, 0) is 20.7 Å². The Hall–Kier alpha value is -2.80. The molecule has 7 nitrogen and oxygen atoms in total. The normalized spacial score (nSPS) is 11.4. The molecule has 1 N–H and O–H groups in total. The molecule has 144 valence electrons. The fourth-order valence-electron chi connectivity index (χ4n) is 2.27. The lowest BCUT2D eigenvalue weighted by atomic mass is 10.1. The van der Waals surface area contributed by atoms with Crippen molar-refractivity contribution in [2.75, 3.05) is 19.5 Å². The van der Waals surface area contributed by atoms with Gasteiger partial charge in [-0.05, 0) is 43.2 Å². The molecule has 0 saturated carbocycles. The number of rotatable bonds is 8. The minimum atomic E-state index is -0.944. The monoisotopic (exact) mass is 392 g/mol. The lowest BCUT2D eigenvalue weighted by Gasteiger charge is -2.13. The number of carbonyl (C=O) groups is 2. The SMILES string of the molecule is COc1ccc(CCC(=O)O[C@H](C)C(=O)Nc2ccc(Cl)cn2)cc1OC. The fourth-order valence-corrected chi connectivity index (χ4v) is 2.38. The fraction of sp³-hybridized carbons (Fsp3) is 0.316. The molecule has 0 radical (unpaired) electrons. The Kier molecular flexibility index (Phi) is 7.43. The van der Waals surface area contributed by atoms with Crippen LogP contribution in [0.1, 0.15) is 18.9 Å². The van der Waals surface area contributed by atoms with Crippen molar-refractivity contribution in [2.45, 2.75) is 25.9 Å². The molecule has 1 heterocycles. The average Bonchev–Trinajstić information content (AvgIpc) is 2.67. The number of esters is 1. The van der Waals surface area contributed by atoms with E-state index in [1.807, 2.05) is 6.07 Å². The number of aryl methyl sites for hydroxylation is 1. The smallest absolute Gasteiger partial charge is 0.306 e. The van der Waals surface area contributed by atoms with Gasteiger partial charge in [-0.1, -0.05) is 17.7 Å². The van der Waals surface area contributed by atoms with Crippen LogP contribution in [0.2, 0.25) is 5.02 Å². The van der Waals surface area contributed by atoms with Gasteiger partial charge in [0.05, 0.1) is 19.2 Å². The third kappa shape index (κ3) is 6.14. The summed E-state index contributed by atoms with van der Waals surface area (Å²) in [6.07, 6.45) is 1.05. The number of carbonyl (C=O) groups excluding carboxylic acids is 2. The van der Waals surface area contributed by atoms with Gasteiger partial charge in [-0.3, -0.25) is 9.59 Å². The van der Waals surface area contributed by atoms with Crippen molar-refractivity contribution >= 4 is 29.3 Å². The summed E-state index contributed by atoms with van der Waals surface area (Å²) in [5.74, 6) is 0.593.